The van der Waals surface area contributed by atoms with E-state index in [9.17, 15) is 4.79 Å². The number of hydrogen-bond acceptors (Lipinski definition) is 4. The van der Waals surface area contributed by atoms with Gasteiger partial charge in [-0.2, -0.15) is 0 Å². The maximum absolute atomic E-state index is 11.7. The second-order valence-corrected chi connectivity index (χ2v) is 5.47. The van der Waals surface area contributed by atoms with Gasteiger partial charge in [-0.25, -0.2) is 4.98 Å². The summed E-state index contributed by atoms with van der Waals surface area (Å²) in [6.07, 6.45) is 0. The third kappa shape index (κ3) is 3.57. The minimum atomic E-state index is -0.0642. The molecular weight excluding hydrogens is 254 g/mol. The third-order valence-corrected chi connectivity index (χ3v) is 2.85. The monoisotopic (exact) mass is 275 g/mol. The third-order valence-electron chi connectivity index (χ3n) is 2.85. The van der Waals surface area contributed by atoms with Gasteiger partial charge in [-0.1, -0.05) is 27.7 Å². The van der Waals surface area contributed by atoms with E-state index in [0.29, 0.717) is 12.4 Å². The molecule has 0 aliphatic carbocycles. The Bertz CT molecular complexity index is 602. The SMILES string of the molecule is CC(C)NCC(=O)Nc1ccc2oc(C(C)C)nc2c1. The Labute approximate surface area is 118 Å². The number of amides is 1. The van der Waals surface area contributed by atoms with E-state index in [2.05, 4.69) is 15.6 Å². The van der Waals surface area contributed by atoms with Crippen molar-refractivity contribution in [1.29, 1.82) is 0 Å². The standard InChI is InChI=1S/C15H21N3O2/c1-9(2)15-18-12-7-11(5-6-13(12)20-15)17-14(19)8-16-10(3)4/h5-7,9-10,16H,8H2,1-4H3,(H,17,19). The van der Waals surface area contributed by atoms with Crippen molar-refractivity contribution < 1.29 is 9.21 Å². The van der Waals surface area contributed by atoms with Crippen molar-refractivity contribution in [2.75, 3.05) is 11.9 Å². The molecule has 0 aliphatic heterocycles. The maximum atomic E-state index is 11.7. The van der Waals surface area contributed by atoms with Gasteiger partial charge in [0.2, 0.25) is 5.91 Å². The van der Waals surface area contributed by atoms with Crippen molar-refractivity contribution >= 4 is 22.7 Å². The first kappa shape index (κ1) is 14.5. The van der Waals surface area contributed by atoms with Crippen molar-refractivity contribution in [2.24, 2.45) is 0 Å². The lowest BCUT2D eigenvalue weighted by atomic mass is 10.2. The Hall–Kier alpha value is -1.88. The van der Waals surface area contributed by atoms with Crippen LogP contribution in [0.1, 0.15) is 39.5 Å². The van der Waals surface area contributed by atoms with E-state index in [-0.39, 0.29) is 17.9 Å². The number of carbonyl (C=O) groups is 1. The number of benzene rings is 1. The topological polar surface area (TPSA) is 67.2 Å². The number of fused-ring (bicyclic) bond motifs is 1. The summed E-state index contributed by atoms with van der Waals surface area (Å²) < 4.78 is 5.63. The van der Waals surface area contributed by atoms with Gasteiger partial charge in [0, 0.05) is 17.6 Å². The number of rotatable bonds is 5. The van der Waals surface area contributed by atoms with E-state index >= 15 is 0 Å². The first-order valence-electron chi connectivity index (χ1n) is 6.89. The van der Waals surface area contributed by atoms with Gasteiger partial charge in [-0.05, 0) is 18.2 Å². The van der Waals surface area contributed by atoms with Crippen molar-refractivity contribution in [3.63, 3.8) is 0 Å². The Morgan fingerprint density at radius 2 is 2.05 bits per heavy atom. The lowest BCUT2D eigenvalue weighted by molar-refractivity contribution is -0.115. The summed E-state index contributed by atoms with van der Waals surface area (Å²) in [6.45, 7) is 8.37. The van der Waals surface area contributed by atoms with Gasteiger partial charge >= 0.3 is 0 Å². The molecule has 20 heavy (non-hydrogen) atoms. The van der Waals surface area contributed by atoms with E-state index in [0.717, 1.165) is 16.8 Å². The molecule has 2 rings (SSSR count). The number of nitrogens with zero attached hydrogens (tertiary/aromatic N) is 1. The number of hydrogen-bond donors (Lipinski definition) is 2. The van der Waals surface area contributed by atoms with Gasteiger partial charge in [0.1, 0.15) is 5.52 Å². The molecule has 0 radical (unpaired) electrons. The summed E-state index contributed by atoms with van der Waals surface area (Å²) in [5.41, 5.74) is 2.24. The summed E-state index contributed by atoms with van der Waals surface area (Å²) in [6, 6.07) is 5.77. The fourth-order valence-corrected chi connectivity index (χ4v) is 1.77. The van der Waals surface area contributed by atoms with Crippen LogP contribution in [0.15, 0.2) is 22.6 Å². The molecular formula is C15H21N3O2. The van der Waals surface area contributed by atoms with Crippen LogP contribution < -0.4 is 10.6 Å². The molecule has 0 saturated carbocycles. The number of oxazole rings is 1. The quantitative estimate of drug-likeness (QED) is 0.880. The van der Waals surface area contributed by atoms with Gasteiger partial charge in [0.05, 0.1) is 6.54 Å². The van der Waals surface area contributed by atoms with Gasteiger partial charge in [0.15, 0.2) is 11.5 Å². The second kappa shape index (κ2) is 6.05. The van der Waals surface area contributed by atoms with Crippen molar-refractivity contribution in [3.05, 3.63) is 24.1 Å². The number of anilines is 1. The molecule has 5 heteroatoms. The predicted octanol–water partition coefficient (Wildman–Crippen LogP) is 2.89. The largest absolute Gasteiger partial charge is 0.440 e. The van der Waals surface area contributed by atoms with Crippen LogP contribution in [0.3, 0.4) is 0 Å². The fourth-order valence-electron chi connectivity index (χ4n) is 1.77. The average Bonchev–Trinajstić information content (AvgIpc) is 2.79. The van der Waals surface area contributed by atoms with Crippen LogP contribution in [0.2, 0.25) is 0 Å². The van der Waals surface area contributed by atoms with E-state index in [1.807, 2.05) is 45.9 Å². The summed E-state index contributed by atoms with van der Waals surface area (Å²) >= 11 is 0. The van der Waals surface area contributed by atoms with Crippen LogP contribution in [-0.2, 0) is 4.79 Å². The molecule has 0 fully saturated rings. The lowest BCUT2D eigenvalue weighted by Gasteiger charge is -2.08. The molecule has 2 aromatic rings. The highest BCUT2D eigenvalue weighted by Gasteiger charge is 2.10. The normalized spacial score (nSPS) is 11.5. The summed E-state index contributed by atoms with van der Waals surface area (Å²) in [5.74, 6) is 0.895. The molecule has 1 heterocycles. The molecule has 5 nitrogen and oxygen atoms in total. The summed E-state index contributed by atoms with van der Waals surface area (Å²) in [5, 5.41) is 5.92. The van der Waals surface area contributed by atoms with Gasteiger partial charge in [-0.3, -0.25) is 4.79 Å². The molecule has 2 N–H and O–H groups in total. The Morgan fingerprint density at radius 3 is 2.70 bits per heavy atom. The molecule has 0 bridgehead atoms. The molecule has 0 atom stereocenters. The Morgan fingerprint density at radius 1 is 1.30 bits per heavy atom. The van der Waals surface area contributed by atoms with Crippen LogP contribution in [0, 0.1) is 0 Å². The van der Waals surface area contributed by atoms with Gasteiger partial charge < -0.3 is 15.1 Å². The first-order chi connectivity index (χ1) is 9.45. The van der Waals surface area contributed by atoms with Gasteiger partial charge in [-0.15, -0.1) is 0 Å². The smallest absolute Gasteiger partial charge is 0.238 e. The van der Waals surface area contributed by atoms with Crippen LogP contribution in [0.25, 0.3) is 11.1 Å². The summed E-state index contributed by atoms with van der Waals surface area (Å²) in [4.78, 5) is 16.2. The lowest BCUT2D eigenvalue weighted by Crippen LogP contribution is -2.32. The highest BCUT2D eigenvalue weighted by atomic mass is 16.3. The number of nitrogens with one attached hydrogen (secondary N) is 2. The average molecular weight is 275 g/mol. The zero-order valence-corrected chi connectivity index (χ0v) is 12.4. The van der Waals surface area contributed by atoms with E-state index in [1.54, 1.807) is 0 Å². The van der Waals surface area contributed by atoms with Crippen molar-refractivity contribution in [1.82, 2.24) is 10.3 Å². The van der Waals surface area contributed by atoms with Crippen LogP contribution in [0.5, 0.6) is 0 Å². The Kier molecular flexibility index (Phi) is 4.39. The van der Waals surface area contributed by atoms with E-state index in [1.165, 1.54) is 0 Å². The van der Waals surface area contributed by atoms with Gasteiger partial charge in [0.25, 0.3) is 0 Å². The van der Waals surface area contributed by atoms with Crippen molar-refractivity contribution in [2.45, 2.75) is 39.7 Å². The molecule has 1 aromatic heterocycles. The highest BCUT2D eigenvalue weighted by molar-refractivity contribution is 5.94. The highest BCUT2D eigenvalue weighted by Crippen LogP contribution is 2.23. The van der Waals surface area contributed by atoms with E-state index in [4.69, 9.17) is 4.42 Å². The minimum Gasteiger partial charge on any atom is -0.440 e. The number of carbonyl (C=O) groups excluding carboxylic acids is 1. The fraction of sp³-hybridized carbons (Fsp3) is 0.467. The van der Waals surface area contributed by atoms with E-state index < -0.39 is 0 Å². The molecule has 0 spiro atoms. The number of aromatic nitrogens is 1. The van der Waals surface area contributed by atoms with Crippen LogP contribution in [0.4, 0.5) is 5.69 Å². The zero-order chi connectivity index (χ0) is 14.7. The van der Waals surface area contributed by atoms with Crippen molar-refractivity contribution in [3.8, 4) is 0 Å². The minimum absolute atomic E-state index is 0.0642. The Balaban J connectivity index is 2.09. The molecule has 0 unspecified atom stereocenters. The molecule has 1 aromatic carbocycles. The second-order valence-electron chi connectivity index (χ2n) is 5.47. The molecule has 0 aliphatic rings. The molecule has 0 saturated heterocycles. The summed E-state index contributed by atoms with van der Waals surface area (Å²) in [7, 11) is 0. The predicted molar refractivity (Wildman–Crippen MR) is 79.9 cm³/mol. The molecule has 1 amide bonds. The first-order valence-corrected chi connectivity index (χ1v) is 6.89. The van der Waals surface area contributed by atoms with Crippen LogP contribution >= 0.6 is 0 Å². The molecule has 108 valence electrons. The maximum Gasteiger partial charge on any atom is 0.238 e. The zero-order valence-electron chi connectivity index (χ0n) is 12.4. The van der Waals surface area contributed by atoms with Crippen LogP contribution in [-0.4, -0.2) is 23.5 Å².